The summed E-state index contributed by atoms with van der Waals surface area (Å²) in [5, 5.41) is 0. The molecule has 3 heteroatoms. The Morgan fingerprint density at radius 1 is 1.26 bits per heavy atom. The molecule has 1 saturated heterocycles. The summed E-state index contributed by atoms with van der Waals surface area (Å²) in [5.74, 6) is 3.57. The molecule has 2 saturated carbocycles. The molecule has 3 nitrogen and oxygen atoms in total. The highest BCUT2D eigenvalue weighted by Crippen LogP contribution is 2.58. The van der Waals surface area contributed by atoms with Gasteiger partial charge in [0.1, 0.15) is 11.5 Å². The summed E-state index contributed by atoms with van der Waals surface area (Å²) >= 11 is 0. The van der Waals surface area contributed by atoms with E-state index >= 15 is 0 Å². The molecule has 27 heavy (non-hydrogen) atoms. The summed E-state index contributed by atoms with van der Waals surface area (Å²) < 4.78 is 5.57. The fourth-order valence-corrected chi connectivity index (χ4v) is 6.86. The van der Waals surface area contributed by atoms with E-state index in [1.54, 1.807) is 7.11 Å². The minimum absolute atomic E-state index is 0.0336. The van der Waals surface area contributed by atoms with Crippen LogP contribution in [0.5, 0.6) is 5.75 Å². The standard InChI is InChI=1S/C24H33NO2/c1-15-16(2)23-21-11-18-7-8-19(27-3)12-20(18)24(23,13-22(15)26)9-10-25(21)14-17-5-4-6-17/h7-8,12,15-17,21,23H,4-6,9-11,13-14H2,1-3H3/t15-,16-,21+,23-,24+/m0/s1. The summed E-state index contributed by atoms with van der Waals surface area (Å²) in [7, 11) is 1.75. The van der Waals surface area contributed by atoms with Crippen molar-refractivity contribution in [3.8, 4) is 5.75 Å². The van der Waals surface area contributed by atoms with Crippen LogP contribution in [-0.2, 0) is 16.6 Å². The number of likely N-dealkylation sites (tertiary alicyclic amines) is 1. The number of fused-ring (bicyclic) bond motifs is 1. The van der Waals surface area contributed by atoms with Crippen LogP contribution >= 0.6 is 0 Å². The fraction of sp³-hybridized carbons (Fsp3) is 0.708. The summed E-state index contributed by atoms with van der Waals surface area (Å²) in [4.78, 5) is 15.8. The number of benzene rings is 1. The number of carbonyl (C=O) groups excluding carboxylic acids is 1. The third-order valence-corrected chi connectivity index (χ3v) is 8.72. The fourth-order valence-electron chi connectivity index (χ4n) is 6.86. The SMILES string of the molecule is COc1ccc2c(c1)[C@]13CCN(CC4CCC4)[C@H](C2)[C@@H]1[C@@H](C)[C@H](C)C(=O)C3. The third-order valence-electron chi connectivity index (χ3n) is 8.72. The molecule has 0 unspecified atom stereocenters. The number of rotatable bonds is 3. The maximum Gasteiger partial charge on any atom is 0.136 e. The van der Waals surface area contributed by atoms with E-state index in [2.05, 4.69) is 36.9 Å². The number of Topliss-reactive ketones (excluding diaryl/α,β-unsaturated/α-hetero) is 1. The molecule has 1 aliphatic heterocycles. The van der Waals surface area contributed by atoms with Crippen LogP contribution in [0, 0.1) is 23.7 Å². The maximum absolute atomic E-state index is 13.0. The van der Waals surface area contributed by atoms with E-state index in [4.69, 9.17) is 4.74 Å². The van der Waals surface area contributed by atoms with Gasteiger partial charge in [-0.15, -0.1) is 0 Å². The molecule has 146 valence electrons. The van der Waals surface area contributed by atoms with Gasteiger partial charge in [0.05, 0.1) is 7.11 Å². The highest BCUT2D eigenvalue weighted by atomic mass is 16.5. The number of piperidine rings is 1. The highest BCUT2D eigenvalue weighted by Gasteiger charge is 2.59. The van der Waals surface area contributed by atoms with Gasteiger partial charge < -0.3 is 4.74 Å². The lowest BCUT2D eigenvalue weighted by Crippen LogP contribution is -2.65. The van der Waals surface area contributed by atoms with Crippen molar-refractivity contribution in [2.75, 3.05) is 20.2 Å². The zero-order valence-electron chi connectivity index (χ0n) is 17.0. The number of hydrogen-bond donors (Lipinski definition) is 0. The van der Waals surface area contributed by atoms with Crippen molar-refractivity contribution >= 4 is 5.78 Å². The Morgan fingerprint density at radius 2 is 2.07 bits per heavy atom. The first-order valence-electron chi connectivity index (χ1n) is 11.0. The Balaban J connectivity index is 1.60. The van der Waals surface area contributed by atoms with Gasteiger partial charge in [-0.25, -0.2) is 0 Å². The predicted molar refractivity (Wildman–Crippen MR) is 107 cm³/mol. The number of hydrogen-bond acceptors (Lipinski definition) is 3. The summed E-state index contributed by atoms with van der Waals surface area (Å²) in [5.41, 5.74) is 2.93. The lowest BCUT2D eigenvalue weighted by molar-refractivity contribution is -0.138. The Kier molecular flexibility index (Phi) is 4.16. The van der Waals surface area contributed by atoms with Gasteiger partial charge in [-0.3, -0.25) is 9.69 Å². The van der Waals surface area contributed by atoms with Crippen molar-refractivity contribution in [1.82, 2.24) is 4.90 Å². The van der Waals surface area contributed by atoms with Crippen molar-refractivity contribution in [2.45, 2.75) is 63.8 Å². The van der Waals surface area contributed by atoms with Crippen LogP contribution < -0.4 is 4.74 Å². The van der Waals surface area contributed by atoms with E-state index in [1.807, 2.05) is 0 Å². The molecule has 1 aromatic rings. The molecular formula is C24H33NO2. The second-order valence-corrected chi connectivity index (χ2v) is 9.81. The first-order valence-corrected chi connectivity index (χ1v) is 11.0. The van der Waals surface area contributed by atoms with E-state index in [0.29, 0.717) is 23.7 Å². The van der Waals surface area contributed by atoms with Crippen molar-refractivity contribution < 1.29 is 9.53 Å². The van der Waals surface area contributed by atoms with E-state index in [-0.39, 0.29) is 11.3 Å². The van der Waals surface area contributed by atoms with Crippen LogP contribution in [0.4, 0.5) is 0 Å². The topological polar surface area (TPSA) is 29.5 Å². The van der Waals surface area contributed by atoms with Gasteiger partial charge in [0, 0.05) is 30.3 Å². The quantitative estimate of drug-likeness (QED) is 0.801. The second kappa shape index (κ2) is 6.34. The molecule has 0 amide bonds. The summed E-state index contributed by atoms with van der Waals surface area (Å²) in [6.45, 7) is 6.96. The smallest absolute Gasteiger partial charge is 0.136 e. The van der Waals surface area contributed by atoms with Crippen molar-refractivity contribution in [3.05, 3.63) is 29.3 Å². The van der Waals surface area contributed by atoms with Crippen molar-refractivity contribution in [1.29, 1.82) is 0 Å². The maximum atomic E-state index is 13.0. The summed E-state index contributed by atoms with van der Waals surface area (Å²) in [6.07, 6.45) is 7.25. The number of carbonyl (C=O) groups is 1. The third kappa shape index (κ3) is 2.53. The zero-order chi connectivity index (χ0) is 18.8. The molecule has 0 aromatic heterocycles. The first-order chi connectivity index (χ1) is 13.0. The van der Waals surface area contributed by atoms with E-state index < -0.39 is 0 Å². The van der Waals surface area contributed by atoms with Gasteiger partial charge >= 0.3 is 0 Å². The average molecular weight is 368 g/mol. The molecule has 0 spiro atoms. The molecule has 5 rings (SSSR count). The number of methoxy groups -OCH3 is 1. The van der Waals surface area contributed by atoms with Crippen LogP contribution in [0.1, 0.15) is 57.1 Å². The number of ketones is 1. The van der Waals surface area contributed by atoms with E-state index in [1.165, 1.54) is 36.9 Å². The zero-order valence-corrected chi connectivity index (χ0v) is 17.0. The van der Waals surface area contributed by atoms with E-state index in [9.17, 15) is 4.79 Å². The normalized spacial score (nSPS) is 38.7. The lowest BCUT2D eigenvalue weighted by atomic mass is 9.47. The Bertz CT molecular complexity index is 755. The van der Waals surface area contributed by atoms with Crippen LogP contribution in [0.3, 0.4) is 0 Å². The van der Waals surface area contributed by atoms with Gasteiger partial charge in [-0.05, 0) is 73.2 Å². The molecule has 0 radical (unpaired) electrons. The van der Waals surface area contributed by atoms with Crippen LogP contribution in [0.2, 0.25) is 0 Å². The largest absolute Gasteiger partial charge is 0.497 e. The first kappa shape index (κ1) is 17.7. The van der Waals surface area contributed by atoms with Crippen LogP contribution in [0.25, 0.3) is 0 Å². The number of nitrogens with zero attached hydrogens (tertiary/aromatic N) is 1. The van der Waals surface area contributed by atoms with Gasteiger partial charge in [0.25, 0.3) is 0 Å². The van der Waals surface area contributed by atoms with Gasteiger partial charge in [-0.2, -0.15) is 0 Å². The number of ether oxygens (including phenoxy) is 1. The molecule has 5 atom stereocenters. The van der Waals surface area contributed by atoms with E-state index in [0.717, 1.165) is 37.5 Å². The van der Waals surface area contributed by atoms with Gasteiger partial charge in [0.15, 0.2) is 0 Å². The molecule has 4 aliphatic rings. The predicted octanol–water partition coefficient (Wildman–Crippen LogP) is 4.22. The molecule has 3 aliphatic carbocycles. The summed E-state index contributed by atoms with van der Waals surface area (Å²) in [6, 6.07) is 7.25. The molecule has 1 heterocycles. The minimum atomic E-state index is 0.0336. The van der Waals surface area contributed by atoms with Crippen LogP contribution in [0.15, 0.2) is 18.2 Å². The molecule has 1 aromatic carbocycles. The lowest BCUT2D eigenvalue weighted by Gasteiger charge is -2.62. The molecule has 2 bridgehead atoms. The highest BCUT2D eigenvalue weighted by molar-refractivity contribution is 5.84. The molecule has 0 N–H and O–H groups in total. The Morgan fingerprint density at radius 3 is 2.78 bits per heavy atom. The molecule has 3 fully saturated rings. The average Bonchev–Trinajstić information content (AvgIpc) is 2.63. The van der Waals surface area contributed by atoms with Crippen LogP contribution in [-0.4, -0.2) is 36.9 Å². The molecular weight excluding hydrogens is 334 g/mol. The monoisotopic (exact) mass is 367 g/mol. The Hall–Kier alpha value is -1.35. The van der Waals surface area contributed by atoms with Crippen molar-refractivity contribution in [3.63, 3.8) is 0 Å². The minimum Gasteiger partial charge on any atom is -0.497 e. The van der Waals surface area contributed by atoms with Gasteiger partial charge in [-0.1, -0.05) is 26.3 Å². The van der Waals surface area contributed by atoms with Crippen molar-refractivity contribution in [2.24, 2.45) is 23.7 Å². The van der Waals surface area contributed by atoms with Gasteiger partial charge in [0.2, 0.25) is 0 Å². The Labute approximate surface area is 163 Å². The second-order valence-electron chi connectivity index (χ2n) is 9.81.